The van der Waals surface area contributed by atoms with E-state index < -0.39 is 9.84 Å². The molecule has 0 saturated carbocycles. The smallest absolute Gasteiger partial charge is 0.256 e. The fourth-order valence-corrected chi connectivity index (χ4v) is 6.21. The first-order valence-corrected chi connectivity index (χ1v) is 13.3. The van der Waals surface area contributed by atoms with E-state index in [1.54, 1.807) is 10.7 Å². The molecule has 8 nitrogen and oxygen atoms in total. The Hall–Kier alpha value is -3.72. The van der Waals surface area contributed by atoms with Crippen molar-refractivity contribution in [2.24, 2.45) is 0 Å². The van der Waals surface area contributed by atoms with Gasteiger partial charge in [-0.1, -0.05) is 30.3 Å². The molecule has 2 aromatic carbocycles. The summed E-state index contributed by atoms with van der Waals surface area (Å²) >= 11 is 0. The van der Waals surface area contributed by atoms with Crippen LogP contribution in [0.3, 0.4) is 0 Å². The van der Waals surface area contributed by atoms with Crippen LogP contribution >= 0.6 is 0 Å². The molecule has 1 aliphatic rings. The van der Waals surface area contributed by atoms with Crippen LogP contribution in [0.25, 0.3) is 22.3 Å². The molecule has 1 amide bonds. The lowest BCUT2D eigenvalue weighted by Gasteiger charge is -2.14. The number of pyridine rings is 1. The van der Waals surface area contributed by atoms with Gasteiger partial charge in [0.2, 0.25) is 0 Å². The minimum absolute atomic E-state index is 0.0280. The van der Waals surface area contributed by atoms with Crippen LogP contribution in [0, 0.1) is 6.92 Å². The van der Waals surface area contributed by atoms with Gasteiger partial charge < -0.3 is 10.2 Å². The Balaban J connectivity index is 1.62. The molecule has 1 fully saturated rings. The molecule has 0 radical (unpaired) electrons. The van der Waals surface area contributed by atoms with Crippen LogP contribution in [0.4, 0.5) is 11.4 Å². The zero-order valence-corrected chi connectivity index (χ0v) is 20.7. The molecule has 3 heterocycles. The zero-order valence-electron chi connectivity index (χ0n) is 19.9. The van der Waals surface area contributed by atoms with E-state index in [1.165, 1.54) is 0 Å². The maximum absolute atomic E-state index is 13.5. The highest BCUT2D eigenvalue weighted by molar-refractivity contribution is 7.91. The van der Waals surface area contributed by atoms with Crippen molar-refractivity contribution in [3.8, 4) is 11.3 Å². The third kappa shape index (κ3) is 4.51. The fraction of sp³-hybridized carbons (Fsp3) is 0.269. The second kappa shape index (κ2) is 8.81. The van der Waals surface area contributed by atoms with Gasteiger partial charge in [0.25, 0.3) is 5.91 Å². The van der Waals surface area contributed by atoms with E-state index in [1.807, 2.05) is 80.5 Å². The summed E-state index contributed by atoms with van der Waals surface area (Å²) in [5, 5.41) is 8.29. The van der Waals surface area contributed by atoms with Gasteiger partial charge in [0.1, 0.15) is 0 Å². The molecule has 1 N–H and O–H groups in total. The largest absolute Gasteiger partial charge is 0.378 e. The number of nitrogens with zero attached hydrogens (tertiary/aromatic N) is 4. The number of anilines is 2. The van der Waals surface area contributed by atoms with E-state index in [4.69, 9.17) is 4.98 Å². The molecule has 180 valence electrons. The zero-order chi connectivity index (χ0) is 24.7. The molecule has 0 spiro atoms. The van der Waals surface area contributed by atoms with Crippen molar-refractivity contribution >= 4 is 38.2 Å². The summed E-state index contributed by atoms with van der Waals surface area (Å²) in [7, 11) is 0.808. The van der Waals surface area contributed by atoms with Crippen molar-refractivity contribution < 1.29 is 13.2 Å². The van der Waals surface area contributed by atoms with Crippen LogP contribution in [-0.2, 0) is 9.84 Å². The van der Waals surface area contributed by atoms with Gasteiger partial charge in [-0.2, -0.15) is 5.10 Å². The number of benzene rings is 2. The summed E-state index contributed by atoms with van der Waals surface area (Å²) < 4.78 is 26.0. The standard InChI is InChI=1S/C26H27N5O3S/c1-17-24-22(26(32)27-19-9-11-20(12-10-19)30(2)3)15-23(18-7-5-4-6-8-18)28-25(24)31(29-17)21-13-14-35(33,34)16-21/h4-12,15,21H,13-14,16H2,1-3H3,(H,27,32)/t21-/m1/s1. The first-order chi connectivity index (χ1) is 16.7. The highest BCUT2D eigenvalue weighted by Crippen LogP contribution is 2.32. The number of fused-ring (bicyclic) bond motifs is 1. The minimum atomic E-state index is -3.11. The summed E-state index contributed by atoms with van der Waals surface area (Å²) in [6.07, 6.45) is 0.482. The third-order valence-corrected chi connectivity index (χ3v) is 8.10. The second-order valence-electron chi connectivity index (χ2n) is 9.10. The van der Waals surface area contributed by atoms with E-state index in [9.17, 15) is 13.2 Å². The Labute approximate surface area is 204 Å². The number of carbonyl (C=O) groups excluding carboxylic acids is 1. The monoisotopic (exact) mass is 489 g/mol. The first kappa shape index (κ1) is 23.0. The van der Waals surface area contributed by atoms with Crippen LogP contribution < -0.4 is 10.2 Å². The number of hydrogen-bond donors (Lipinski definition) is 1. The number of hydrogen-bond acceptors (Lipinski definition) is 6. The molecular formula is C26H27N5O3S. The van der Waals surface area contributed by atoms with E-state index in [2.05, 4.69) is 10.4 Å². The van der Waals surface area contributed by atoms with Gasteiger partial charge in [0, 0.05) is 31.0 Å². The Bertz CT molecular complexity index is 1510. The molecule has 1 atom stereocenters. The average molecular weight is 490 g/mol. The van der Waals surface area contributed by atoms with Crippen molar-refractivity contribution in [3.63, 3.8) is 0 Å². The quantitative estimate of drug-likeness (QED) is 0.454. The average Bonchev–Trinajstić information content (AvgIpc) is 3.38. The fourth-order valence-electron chi connectivity index (χ4n) is 4.51. The van der Waals surface area contributed by atoms with Gasteiger partial charge in [-0.3, -0.25) is 4.79 Å². The highest BCUT2D eigenvalue weighted by atomic mass is 32.2. The summed E-state index contributed by atoms with van der Waals surface area (Å²) in [4.78, 5) is 20.4. The van der Waals surface area contributed by atoms with Gasteiger partial charge in [-0.05, 0) is 43.7 Å². The van der Waals surface area contributed by atoms with Gasteiger partial charge >= 0.3 is 0 Å². The molecule has 35 heavy (non-hydrogen) atoms. The molecule has 0 aliphatic carbocycles. The number of aryl methyl sites for hydroxylation is 1. The lowest BCUT2D eigenvalue weighted by molar-refractivity contribution is 0.102. The second-order valence-corrected chi connectivity index (χ2v) is 11.3. The van der Waals surface area contributed by atoms with Crippen molar-refractivity contribution in [3.05, 3.63) is 71.9 Å². The van der Waals surface area contributed by atoms with E-state index in [0.717, 1.165) is 11.3 Å². The van der Waals surface area contributed by atoms with E-state index in [-0.39, 0.29) is 23.5 Å². The third-order valence-electron chi connectivity index (χ3n) is 6.35. The normalized spacial score (nSPS) is 16.9. The SMILES string of the molecule is Cc1nn([C@@H]2CCS(=O)(=O)C2)c2nc(-c3ccccc3)cc(C(=O)Nc3ccc(N(C)C)cc3)c12. The van der Waals surface area contributed by atoms with Gasteiger partial charge in [0.15, 0.2) is 15.5 Å². The Kier molecular flexibility index (Phi) is 5.80. The van der Waals surface area contributed by atoms with E-state index >= 15 is 0 Å². The van der Waals surface area contributed by atoms with Crippen molar-refractivity contribution in [2.45, 2.75) is 19.4 Å². The van der Waals surface area contributed by atoms with Gasteiger partial charge in [0.05, 0.1) is 39.9 Å². The summed E-state index contributed by atoms with van der Waals surface area (Å²) in [6.45, 7) is 1.83. The number of rotatable bonds is 5. The highest BCUT2D eigenvalue weighted by Gasteiger charge is 2.32. The maximum atomic E-state index is 13.5. The number of nitrogens with one attached hydrogen (secondary N) is 1. The topological polar surface area (TPSA) is 97.2 Å². The van der Waals surface area contributed by atoms with Crippen LogP contribution in [0.1, 0.15) is 28.5 Å². The van der Waals surface area contributed by atoms with E-state index in [0.29, 0.717) is 40.1 Å². The molecule has 0 bridgehead atoms. The Morgan fingerprint density at radius 3 is 2.43 bits per heavy atom. The molecule has 4 aromatic rings. The Morgan fingerprint density at radius 2 is 1.80 bits per heavy atom. The summed E-state index contributed by atoms with van der Waals surface area (Å²) in [5.41, 5.74) is 4.83. The first-order valence-electron chi connectivity index (χ1n) is 11.5. The number of amides is 1. The van der Waals surface area contributed by atoms with Crippen molar-refractivity contribution in [1.82, 2.24) is 14.8 Å². The molecule has 5 rings (SSSR count). The van der Waals surface area contributed by atoms with Crippen LogP contribution in [0.5, 0.6) is 0 Å². The lowest BCUT2D eigenvalue weighted by Crippen LogP contribution is -2.15. The van der Waals surface area contributed by atoms with Crippen molar-refractivity contribution in [1.29, 1.82) is 0 Å². The van der Waals surface area contributed by atoms with Gasteiger partial charge in [-0.25, -0.2) is 18.1 Å². The van der Waals surface area contributed by atoms with Crippen LogP contribution in [-0.4, -0.2) is 54.7 Å². The van der Waals surface area contributed by atoms with Gasteiger partial charge in [-0.15, -0.1) is 0 Å². The molecule has 2 aromatic heterocycles. The van der Waals surface area contributed by atoms with Crippen LogP contribution in [0.15, 0.2) is 60.7 Å². The number of aromatic nitrogens is 3. The maximum Gasteiger partial charge on any atom is 0.256 e. The molecule has 0 unspecified atom stereocenters. The van der Waals surface area contributed by atoms with Crippen LogP contribution in [0.2, 0.25) is 0 Å². The predicted octanol–water partition coefficient (Wildman–Crippen LogP) is 4.08. The molecule has 9 heteroatoms. The summed E-state index contributed by atoms with van der Waals surface area (Å²) in [5.74, 6) is -0.110. The lowest BCUT2D eigenvalue weighted by atomic mass is 10.0. The molecular weight excluding hydrogens is 462 g/mol. The minimum Gasteiger partial charge on any atom is -0.378 e. The number of sulfone groups is 1. The Morgan fingerprint density at radius 1 is 1.09 bits per heavy atom. The molecule has 1 saturated heterocycles. The predicted molar refractivity (Wildman–Crippen MR) is 139 cm³/mol. The van der Waals surface area contributed by atoms with Crippen molar-refractivity contribution in [2.75, 3.05) is 35.8 Å². The molecule has 1 aliphatic heterocycles. The summed E-state index contributed by atoms with van der Waals surface area (Å²) in [6, 6.07) is 18.7. The number of carbonyl (C=O) groups is 1.